The summed E-state index contributed by atoms with van der Waals surface area (Å²) >= 11 is 3.19. The predicted molar refractivity (Wildman–Crippen MR) is 83.4 cm³/mol. The highest BCUT2D eigenvalue weighted by atomic mass is 79.9. The van der Waals surface area contributed by atoms with Crippen LogP contribution < -0.4 is 0 Å². The third-order valence-corrected chi connectivity index (χ3v) is 4.72. The van der Waals surface area contributed by atoms with Crippen molar-refractivity contribution in [1.82, 2.24) is 9.80 Å². The van der Waals surface area contributed by atoms with Gasteiger partial charge in [-0.2, -0.15) is 0 Å². The largest absolute Gasteiger partial charge is 0.338 e. The highest BCUT2D eigenvalue weighted by Crippen LogP contribution is 2.29. The molecule has 1 amide bonds. The van der Waals surface area contributed by atoms with Crippen molar-refractivity contribution in [2.45, 2.75) is 18.9 Å². The van der Waals surface area contributed by atoms with E-state index in [2.05, 4.69) is 20.8 Å². The number of carbonyl (C=O) groups excluding carboxylic acids is 1. The summed E-state index contributed by atoms with van der Waals surface area (Å²) in [5.41, 5.74) is 0.275. The molecule has 0 unspecified atom stereocenters. The van der Waals surface area contributed by atoms with Crippen LogP contribution >= 0.6 is 15.9 Å². The monoisotopic (exact) mass is 355 g/mol. The number of benzene rings is 1. The first-order chi connectivity index (χ1) is 9.91. The Morgan fingerprint density at radius 1 is 1.38 bits per heavy atom. The number of nitro groups is 1. The summed E-state index contributed by atoms with van der Waals surface area (Å²) in [6.45, 7) is 1.35. The van der Waals surface area contributed by atoms with Crippen LogP contribution in [0.4, 0.5) is 5.69 Å². The molecule has 2 rings (SSSR count). The highest BCUT2D eigenvalue weighted by Gasteiger charge is 2.27. The molecule has 1 heterocycles. The Morgan fingerprint density at radius 2 is 2.00 bits per heavy atom. The van der Waals surface area contributed by atoms with Gasteiger partial charge >= 0.3 is 0 Å². The summed E-state index contributed by atoms with van der Waals surface area (Å²) in [7, 11) is 4.08. The number of halogens is 1. The van der Waals surface area contributed by atoms with Crippen molar-refractivity contribution in [2.75, 3.05) is 27.2 Å². The first-order valence-electron chi connectivity index (χ1n) is 6.80. The molecule has 0 bridgehead atoms. The molecule has 0 atom stereocenters. The van der Waals surface area contributed by atoms with Gasteiger partial charge in [-0.3, -0.25) is 14.9 Å². The minimum atomic E-state index is -0.487. The number of nitro benzene ring substituents is 1. The number of nitrogens with zero attached hydrogens (tertiary/aromatic N) is 3. The molecule has 0 aliphatic carbocycles. The van der Waals surface area contributed by atoms with Crippen molar-refractivity contribution in [2.24, 2.45) is 0 Å². The lowest BCUT2D eigenvalue weighted by Crippen LogP contribution is -2.44. The summed E-state index contributed by atoms with van der Waals surface area (Å²) in [4.78, 5) is 26.9. The maximum atomic E-state index is 12.5. The van der Waals surface area contributed by atoms with Gasteiger partial charge < -0.3 is 9.80 Å². The van der Waals surface area contributed by atoms with Crippen molar-refractivity contribution in [3.05, 3.63) is 38.3 Å². The number of amides is 1. The standard InChI is InChI=1S/C14H18BrN3O3/c1-16(2)10-6-8-17(9-7-10)14(19)11-4-3-5-12(13(11)15)18(20)21/h3-5,10H,6-9H2,1-2H3. The number of carbonyl (C=O) groups is 1. The van der Waals surface area contributed by atoms with Crippen LogP contribution in [0.5, 0.6) is 0 Å². The average Bonchev–Trinajstić information content (AvgIpc) is 2.46. The van der Waals surface area contributed by atoms with E-state index < -0.39 is 4.92 Å². The zero-order chi connectivity index (χ0) is 15.6. The lowest BCUT2D eigenvalue weighted by Gasteiger charge is -2.35. The zero-order valence-corrected chi connectivity index (χ0v) is 13.7. The molecule has 1 aliphatic rings. The van der Waals surface area contributed by atoms with E-state index in [1.54, 1.807) is 17.0 Å². The topological polar surface area (TPSA) is 66.7 Å². The maximum Gasteiger partial charge on any atom is 0.284 e. The number of rotatable bonds is 3. The maximum absolute atomic E-state index is 12.5. The van der Waals surface area contributed by atoms with Gasteiger partial charge in [0.15, 0.2) is 0 Å². The fourth-order valence-corrected chi connectivity index (χ4v) is 3.16. The predicted octanol–water partition coefficient (Wildman–Crippen LogP) is 2.52. The highest BCUT2D eigenvalue weighted by molar-refractivity contribution is 9.10. The molecule has 114 valence electrons. The molecule has 0 saturated carbocycles. The van der Waals surface area contributed by atoms with Crippen LogP contribution in [0.25, 0.3) is 0 Å². The second-order valence-electron chi connectivity index (χ2n) is 5.38. The lowest BCUT2D eigenvalue weighted by molar-refractivity contribution is -0.385. The summed E-state index contributed by atoms with van der Waals surface area (Å²) in [6, 6.07) is 5.04. The molecule has 0 aromatic heterocycles. The second kappa shape index (κ2) is 6.53. The van der Waals surface area contributed by atoms with Gasteiger partial charge in [0.05, 0.1) is 10.5 Å². The Balaban J connectivity index is 2.15. The molecule has 1 aromatic carbocycles. The van der Waals surface area contributed by atoms with E-state index in [4.69, 9.17) is 0 Å². The third kappa shape index (κ3) is 3.41. The molecule has 1 aliphatic heterocycles. The Hall–Kier alpha value is -1.47. The normalized spacial score (nSPS) is 16.3. The van der Waals surface area contributed by atoms with Crippen LogP contribution in [-0.4, -0.2) is 53.9 Å². The third-order valence-electron chi connectivity index (χ3n) is 3.89. The molecular formula is C14H18BrN3O3. The van der Waals surface area contributed by atoms with Gasteiger partial charge in [0.2, 0.25) is 0 Å². The van der Waals surface area contributed by atoms with Gasteiger partial charge in [-0.15, -0.1) is 0 Å². The SMILES string of the molecule is CN(C)C1CCN(C(=O)c2cccc([N+](=O)[O-])c2Br)CC1. The molecule has 1 aromatic rings. The molecule has 1 saturated heterocycles. The van der Waals surface area contributed by atoms with Gasteiger partial charge in [-0.25, -0.2) is 0 Å². The van der Waals surface area contributed by atoms with Gasteiger partial charge in [-0.1, -0.05) is 6.07 Å². The van der Waals surface area contributed by atoms with Gasteiger partial charge in [0, 0.05) is 25.2 Å². The molecule has 0 radical (unpaired) electrons. The van der Waals surface area contributed by atoms with Crippen LogP contribution in [0.2, 0.25) is 0 Å². The van der Waals surface area contributed by atoms with Crippen molar-refractivity contribution >= 4 is 27.5 Å². The zero-order valence-electron chi connectivity index (χ0n) is 12.1. The molecule has 7 heteroatoms. The van der Waals surface area contributed by atoms with E-state index in [0.29, 0.717) is 24.7 Å². The summed E-state index contributed by atoms with van der Waals surface area (Å²) in [5, 5.41) is 10.9. The minimum absolute atomic E-state index is 0.0796. The Bertz CT molecular complexity index is 554. The second-order valence-corrected chi connectivity index (χ2v) is 6.18. The minimum Gasteiger partial charge on any atom is -0.338 e. The van der Waals surface area contributed by atoms with Crippen molar-refractivity contribution in [3.8, 4) is 0 Å². The van der Waals surface area contributed by atoms with Crippen LogP contribution in [0.1, 0.15) is 23.2 Å². The molecule has 0 spiro atoms. The van der Waals surface area contributed by atoms with E-state index in [0.717, 1.165) is 12.8 Å². The fraction of sp³-hybridized carbons (Fsp3) is 0.500. The number of piperidine rings is 1. The fourth-order valence-electron chi connectivity index (χ4n) is 2.58. The average molecular weight is 356 g/mol. The number of hydrogen-bond acceptors (Lipinski definition) is 4. The smallest absolute Gasteiger partial charge is 0.284 e. The summed E-state index contributed by atoms with van der Waals surface area (Å²) in [6.07, 6.45) is 1.84. The van der Waals surface area contributed by atoms with Gasteiger partial charge in [0.25, 0.3) is 11.6 Å². The van der Waals surface area contributed by atoms with E-state index >= 15 is 0 Å². The van der Waals surface area contributed by atoms with Crippen molar-refractivity contribution in [1.29, 1.82) is 0 Å². The molecular weight excluding hydrogens is 338 g/mol. The van der Waals surface area contributed by atoms with Crippen LogP contribution in [0, 0.1) is 10.1 Å². The van der Waals surface area contributed by atoms with Crippen LogP contribution in [0.3, 0.4) is 0 Å². The Kier molecular flexibility index (Phi) is 4.95. The number of likely N-dealkylation sites (tertiary alicyclic amines) is 1. The van der Waals surface area contributed by atoms with E-state index in [1.807, 2.05) is 14.1 Å². The molecule has 1 fully saturated rings. The van der Waals surface area contributed by atoms with Crippen molar-refractivity contribution in [3.63, 3.8) is 0 Å². The first-order valence-corrected chi connectivity index (χ1v) is 7.59. The number of hydrogen-bond donors (Lipinski definition) is 0. The van der Waals surface area contributed by atoms with E-state index in [9.17, 15) is 14.9 Å². The van der Waals surface area contributed by atoms with Crippen LogP contribution in [0.15, 0.2) is 22.7 Å². The first kappa shape index (κ1) is 15.9. The van der Waals surface area contributed by atoms with Crippen molar-refractivity contribution < 1.29 is 9.72 Å². The Morgan fingerprint density at radius 3 is 2.52 bits per heavy atom. The van der Waals surface area contributed by atoms with E-state index in [1.165, 1.54) is 6.07 Å². The summed E-state index contributed by atoms with van der Waals surface area (Å²) in [5.74, 6) is -0.150. The molecule has 6 nitrogen and oxygen atoms in total. The lowest BCUT2D eigenvalue weighted by atomic mass is 10.0. The summed E-state index contributed by atoms with van der Waals surface area (Å²) < 4.78 is 0.259. The van der Waals surface area contributed by atoms with Gasteiger partial charge in [0.1, 0.15) is 4.47 Å². The quantitative estimate of drug-likeness (QED) is 0.617. The van der Waals surface area contributed by atoms with Gasteiger partial charge in [-0.05, 0) is 48.9 Å². The molecule has 21 heavy (non-hydrogen) atoms. The molecule has 0 N–H and O–H groups in total. The van der Waals surface area contributed by atoms with Crippen LogP contribution in [-0.2, 0) is 0 Å². The Labute approximate surface area is 132 Å². The van der Waals surface area contributed by atoms with E-state index in [-0.39, 0.29) is 16.1 Å².